The predicted molar refractivity (Wildman–Crippen MR) is 141 cm³/mol. The molecule has 1 aromatic heterocycles. The first-order valence-electron chi connectivity index (χ1n) is 11.9. The minimum atomic E-state index is -0.380. The molecule has 1 aliphatic rings. The van der Waals surface area contributed by atoms with Crippen LogP contribution in [0.5, 0.6) is 0 Å². The van der Waals surface area contributed by atoms with Crippen LogP contribution in [0.3, 0.4) is 0 Å². The Balaban J connectivity index is 1.24. The Morgan fingerprint density at radius 1 is 0.784 bits per heavy atom. The Kier molecular flexibility index (Phi) is 6.47. The molecule has 3 aromatic carbocycles. The fourth-order valence-corrected chi connectivity index (χ4v) is 4.27. The molecule has 0 saturated heterocycles. The summed E-state index contributed by atoms with van der Waals surface area (Å²) in [7, 11) is 0. The quantitative estimate of drug-likeness (QED) is 0.355. The summed E-state index contributed by atoms with van der Waals surface area (Å²) in [5.41, 5.74) is 5.01. The van der Waals surface area contributed by atoms with Crippen molar-refractivity contribution in [2.24, 2.45) is 0 Å². The molecular formula is C29H25N5O3. The van der Waals surface area contributed by atoms with Crippen LogP contribution in [-0.4, -0.2) is 39.1 Å². The lowest BCUT2D eigenvalue weighted by atomic mass is 10.1. The van der Waals surface area contributed by atoms with Crippen LogP contribution in [0, 0.1) is 13.8 Å². The summed E-state index contributed by atoms with van der Waals surface area (Å²) in [6.45, 7) is 4.10. The zero-order chi connectivity index (χ0) is 25.9. The van der Waals surface area contributed by atoms with Crippen molar-refractivity contribution in [2.75, 3.05) is 17.2 Å². The van der Waals surface area contributed by atoms with E-state index in [0.717, 1.165) is 22.6 Å². The zero-order valence-corrected chi connectivity index (χ0v) is 20.5. The van der Waals surface area contributed by atoms with Crippen molar-refractivity contribution in [2.45, 2.75) is 20.3 Å². The molecule has 37 heavy (non-hydrogen) atoms. The summed E-state index contributed by atoms with van der Waals surface area (Å²) in [5, 5.41) is 5.99. The van der Waals surface area contributed by atoms with E-state index in [0.29, 0.717) is 29.2 Å². The van der Waals surface area contributed by atoms with Gasteiger partial charge in [-0.25, -0.2) is 9.97 Å². The van der Waals surface area contributed by atoms with E-state index in [9.17, 15) is 14.4 Å². The molecule has 0 unspecified atom stereocenters. The SMILES string of the molecule is Cc1cc(C)nc(Nc2ccc(NC(=O)c3ccc4c(c3)C(=O)N(CCc3ccccc3)C4=O)cc2)n1. The van der Waals surface area contributed by atoms with Crippen LogP contribution in [0.1, 0.15) is 48.0 Å². The lowest BCUT2D eigenvalue weighted by Gasteiger charge is -2.13. The van der Waals surface area contributed by atoms with Gasteiger partial charge in [0.15, 0.2) is 0 Å². The highest BCUT2D eigenvalue weighted by Gasteiger charge is 2.35. The summed E-state index contributed by atoms with van der Waals surface area (Å²) in [6, 6.07) is 23.3. The van der Waals surface area contributed by atoms with Crippen molar-refractivity contribution in [1.82, 2.24) is 14.9 Å². The molecule has 0 bridgehead atoms. The fourth-order valence-electron chi connectivity index (χ4n) is 4.27. The van der Waals surface area contributed by atoms with Gasteiger partial charge in [-0.3, -0.25) is 19.3 Å². The summed E-state index contributed by atoms with van der Waals surface area (Å²) in [5.74, 6) is -0.582. The zero-order valence-electron chi connectivity index (χ0n) is 20.5. The van der Waals surface area contributed by atoms with Crippen molar-refractivity contribution < 1.29 is 14.4 Å². The van der Waals surface area contributed by atoms with E-state index in [1.807, 2.05) is 62.4 Å². The van der Waals surface area contributed by atoms with E-state index in [2.05, 4.69) is 20.6 Å². The van der Waals surface area contributed by atoms with Crippen LogP contribution in [0.2, 0.25) is 0 Å². The topological polar surface area (TPSA) is 104 Å². The number of imide groups is 1. The summed E-state index contributed by atoms with van der Waals surface area (Å²) < 4.78 is 0. The summed E-state index contributed by atoms with van der Waals surface area (Å²) in [4.78, 5) is 48.6. The molecule has 0 radical (unpaired) electrons. The first kappa shape index (κ1) is 23.9. The van der Waals surface area contributed by atoms with Gasteiger partial charge in [0.1, 0.15) is 0 Å². The fraction of sp³-hybridized carbons (Fsp3) is 0.138. The molecule has 0 atom stereocenters. The number of nitrogens with one attached hydrogen (secondary N) is 2. The summed E-state index contributed by atoms with van der Waals surface area (Å²) in [6.07, 6.45) is 0.570. The molecule has 184 valence electrons. The largest absolute Gasteiger partial charge is 0.324 e. The van der Waals surface area contributed by atoms with Crippen LogP contribution in [0.25, 0.3) is 0 Å². The standard InChI is InChI=1S/C29H25N5O3/c1-18-16-19(2)31-29(30-18)33-23-11-9-22(10-12-23)32-26(35)21-8-13-24-25(17-21)28(37)34(27(24)36)15-14-20-6-4-3-5-7-20/h3-13,16-17H,14-15H2,1-2H3,(H,32,35)(H,30,31,33). The number of anilines is 3. The second-order valence-corrected chi connectivity index (χ2v) is 8.89. The molecule has 0 aliphatic carbocycles. The van der Waals surface area contributed by atoms with Crippen molar-refractivity contribution in [3.8, 4) is 0 Å². The minimum Gasteiger partial charge on any atom is -0.324 e. The number of hydrogen-bond acceptors (Lipinski definition) is 6. The lowest BCUT2D eigenvalue weighted by Crippen LogP contribution is -2.31. The molecule has 2 heterocycles. The molecule has 8 nitrogen and oxygen atoms in total. The molecule has 5 rings (SSSR count). The first-order valence-corrected chi connectivity index (χ1v) is 11.9. The van der Waals surface area contributed by atoms with E-state index in [4.69, 9.17) is 0 Å². The van der Waals surface area contributed by atoms with Crippen LogP contribution >= 0.6 is 0 Å². The lowest BCUT2D eigenvalue weighted by molar-refractivity contribution is 0.0656. The van der Waals surface area contributed by atoms with Gasteiger partial charge in [-0.15, -0.1) is 0 Å². The van der Waals surface area contributed by atoms with Gasteiger partial charge in [-0.1, -0.05) is 30.3 Å². The number of rotatable bonds is 7. The molecule has 0 saturated carbocycles. The number of aryl methyl sites for hydroxylation is 2. The molecule has 3 amide bonds. The molecule has 8 heteroatoms. The molecule has 0 fully saturated rings. The van der Waals surface area contributed by atoms with Gasteiger partial charge in [-0.2, -0.15) is 0 Å². The van der Waals surface area contributed by atoms with Gasteiger partial charge in [0.05, 0.1) is 11.1 Å². The van der Waals surface area contributed by atoms with E-state index < -0.39 is 0 Å². The average molecular weight is 492 g/mol. The number of carbonyl (C=O) groups is 3. The smallest absolute Gasteiger partial charge is 0.261 e. The second kappa shape index (κ2) is 10.0. The van der Waals surface area contributed by atoms with Crippen molar-refractivity contribution in [1.29, 1.82) is 0 Å². The highest BCUT2D eigenvalue weighted by atomic mass is 16.2. The predicted octanol–water partition coefficient (Wildman–Crippen LogP) is 4.93. The van der Waals surface area contributed by atoms with Crippen LogP contribution in [0.15, 0.2) is 78.9 Å². The van der Waals surface area contributed by atoms with Gasteiger partial charge in [-0.05, 0) is 74.4 Å². The number of benzene rings is 3. The number of nitrogens with zero attached hydrogens (tertiary/aromatic N) is 3. The number of hydrogen-bond donors (Lipinski definition) is 2. The van der Waals surface area contributed by atoms with E-state index >= 15 is 0 Å². The van der Waals surface area contributed by atoms with Crippen molar-refractivity contribution in [3.63, 3.8) is 0 Å². The Morgan fingerprint density at radius 2 is 1.43 bits per heavy atom. The number of aromatic nitrogens is 2. The third kappa shape index (κ3) is 5.23. The second-order valence-electron chi connectivity index (χ2n) is 8.89. The first-order chi connectivity index (χ1) is 17.9. The van der Waals surface area contributed by atoms with Crippen LogP contribution < -0.4 is 10.6 Å². The van der Waals surface area contributed by atoms with Gasteiger partial charge in [0, 0.05) is 34.9 Å². The molecular weight excluding hydrogens is 466 g/mol. The van der Waals surface area contributed by atoms with Crippen molar-refractivity contribution in [3.05, 3.63) is 113 Å². The van der Waals surface area contributed by atoms with Crippen LogP contribution in [0.4, 0.5) is 17.3 Å². The third-order valence-electron chi connectivity index (χ3n) is 6.08. The van der Waals surface area contributed by atoms with E-state index in [1.165, 1.54) is 11.0 Å². The number of fused-ring (bicyclic) bond motifs is 1. The monoisotopic (exact) mass is 491 g/mol. The third-order valence-corrected chi connectivity index (χ3v) is 6.08. The molecule has 2 N–H and O–H groups in total. The van der Waals surface area contributed by atoms with Gasteiger partial charge < -0.3 is 10.6 Å². The van der Waals surface area contributed by atoms with Gasteiger partial charge in [0.2, 0.25) is 5.95 Å². The Morgan fingerprint density at radius 3 is 2.14 bits per heavy atom. The van der Waals surface area contributed by atoms with Gasteiger partial charge in [0.25, 0.3) is 17.7 Å². The number of amides is 3. The van der Waals surface area contributed by atoms with Gasteiger partial charge >= 0.3 is 0 Å². The highest BCUT2D eigenvalue weighted by Crippen LogP contribution is 2.25. The molecule has 1 aliphatic heterocycles. The van der Waals surface area contributed by atoms with E-state index in [-0.39, 0.29) is 29.8 Å². The molecule has 4 aromatic rings. The Hall–Kier alpha value is -4.85. The average Bonchev–Trinajstić information content (AvgIpc) is 3.12. The maximum Gasteiger partial charge on any atom is 0.261 e. The highest BCUT2D eigenvalue weighted by molar-refractivity contribution is 6.22. The summed E-state index contributed by atoms with van der Waals surface area (Å²) >= 11 is 0. The molecule has 0 spiro atoms. The normalized spacial score (nSPS) is 12.4. The van der Waals surface area contributed by atoms with Crippen LogP contribution in [-0.2, 0) is 6.42 Å². The Bertz CT molecular complexity index is 1480. The van der Waals surface area contributed by atoms with E-state index in [1.54, 1.807) is 24.3 Å². The van der Waals surface area contributed by atoms with Crippen molar-refractivity contribution >= 4 is 35.0 Å². The maximum atomic E-state index is 12.9. The minimum absolute atomic E-state index is 0.249. The maximum absolute atomic E-state index is 12.9. The Labute approximate surface area is 214 Å². The number of carbonyl (C=O) groups excluding carboxylic acids is 3.